The summed E-state index contributed by atoms with van der Waals surface area (Å²) < 4.78 is 47.0. The molecule has 0 aliphatic carbocycles. The van der Waals surface area contributed by atoms with Gasteiger partial charge in [0.05, 0.1) is 11.6 Å². The van der Waals surface area contributed by atoms with Gasteiger partial charge in [-0.05, 0) is 30.7 Å². The molecule has 0 bridgehead atoms. The van der Waals surface area contributed by atoms with E-state index in [0.717, 1.165) is 0 Å². The van der Waals surface area contributed by atoms with E-state index in [1.165, 1.54) is 12.3 Å². The van der Waals surface area contributed by atoms with Gasteiger partial charge in [0.15, 0.2) is 6.61 Å². The minimum absolute atomic E-state index is 0.00370. The van der Waals surface area contributed by atoms with Gasteiger partial charge in [0.25, 0.3) is 0 Å². The predicted molar refractivity (Wildman–Crippen MR) is 98.8 cm³/mol. The van der Waals surface area contributed by atoms with Gasteiger partial charge in [0.2, 0.25) is 11.8 Å². The van der Waals surface area contributed by atoms with Gasteiger partial charge in [-0.1, -0.05) is 29.3 Å². The lowest BCUT2D eigenvalue weighted by Crippen LogP contribution is -2.24. The molecule has 0 unspecified atom stereocenters. The lowest BCUT2D eigenvalue weighted by molar-refractivity contribution is -0.154. The first kappa shape index (κ1) is 22.1. The molecule has 0 radical (unpaired) electrons. The number of alkyl halides is 3. The van der Waals surface area contributed by atoms with Crippen LogP contribution in [0.15, 0.2) is 36.5 Å². The van der Waals surface area contributed by atoms with E-state index in [1.54, 1.807) is 24.3 Å². The Morgan fingerprint density at radius 3 is 2.68 bits per heavy atom. The molecule has 0 fully saturated rings. The topological polar surface area (TPSA) is 60.5 Å². The van der Waals surface area contributed by atoms with Crippen LogP contribution in [-0.2, 0) is 11.3 Å². The minimum atomic E-state index is -4.47. The summed E-state index contributed by atoms with van der Waals surface area (Å²) in [6.07, 6.45) is -2.55. The van der Waals surface area contributed by atoms with Crippen molar-refractivity contribution in [1.82, 2.24) is 10.3 Å². The van der Waals surface area contributed by atoms with E-state index < -0.39 is 12.8 Å². The summed E-state index contributed by atoms with van der Waals surface area (Å²) in [6.45, 7) is -1.18. The highest BCUT2D eigenvalue weighted by atomic mass is 35.5. The molecular formula is C18H17Cl2F3N2O3. The fourth-order valence-corrected chi connectivity index (χ4v) is 2.59. The Labute approximate surface area is 169 Å². The predicted octanol–water partition coefficient (Wildman–Crippen LogP) is 4.80. The third-order valence-electron chi connectivity index (χ3n) is 3.40. The molecule has 0 saturated heterocycles. The van der Waals surface area contributed by atoms with Crippen LogP contribution in [-0.4, -0.2) is 30.3 Å². The zero-order valence-corrected chi connectivity index (χ0v) is 16.1. The van der Waals surface area contributed by atoms with E-state index in [0.29, 0.717) is 27.8 Å². The zero-order valence-electron chi connectivity index (χ0n) is 14.6. The molecule has 0 saturated carbocycles. The molecule has 0 aliphatic heterocycles. The molecule has 1 aromatic heterocycles. The van der Waals surface area contributed by atoms with Crippen LogP contribution in [0.25, 0.3) is 0 Å². The number of nitrogens with zero attached hydrogens (tertiary/aromatic N) is 1. The summed E-state index contributed by atoms with van der Waals surface area (Å²) in [5.41, 5.74) is 0.351. The van der Waals surface area contributed by atoms with Crippen LogP contribution in [0.1, 0.15) is 18.4 Å². The second-order valence-electron chi connectivity index (χ2n) is 5.68. The molecule has 1 aromatic carbocycles. The van der Waals surface area contributed by atoms with Crippen LogP contribution in [0.4, 0.5) is 13.2 Å². The van der Waals surface area contributed by atoms with Gasteiger partial charge < -0.3 is 14.8 Å². The van der Waals surface area contributed by atoms with E-state index in [9.17, 15) is 18.0 Å². The molecule has 28 heavy (non-hydrogen) atoms. The number of benzene rings is 1. The maximum atomic E-state index is 12.3. The lowest BCUT2D eigenvalue weighted by Gasteiger charge is -2.12. The first-order valence-electron chi connectivity index (χ1n) is 8.22. The van der Waals surface area contributed by atoms with Gasteiger partial charge in [-0.2, -0.15) is 13.2 Å². The van der Waals surface area contributed by atoms with Crippen LogP contribution < -0.4 is 14.8 Å². The molecule has 0 aliphatic rings. The lowest BCUT2D eigenvalue weighted by atomic mass is 10.2. The quantitative estimate of drug-likeness (QED) is 0.573. The summed E-state index contributed by atoms with van der Waals surface area (Å²) in [5, 5.41) is 3.48. The van der Waals surface area contributed by atoms with Crippen molar-refractivity contribution in [3.05, 3.63) is 52.1 Å². The Bertz CT molecular complexity index is 804. The van der Waals surface area contributed by atoms with Crippen LogP contribution in [0.2, 0.25) is 10.0 Å². The first-order chi connectivity index (χ1) is 13.2. The second kappa shape index (κ2) is 10.4. The number of hydrogen-bond donors (Lipinski definition) is 1. The molecule has 1 heterocycles. The van der Waals surface area contributed by atoms with Crippen molar-refractivity contribution in [3.63, 3.8) is 0 Å². The number of ether oxygens (including phenoxy) is 2. The highest BCUT2D eigenvalue weighted by molar-refractivity contribution is 6.35. The van der Waals surface area contributed by atoms with Crippen molar-refractivity contribution >= 4 is 29.1 Å². The molecule has 1 amide bonds. The maximum absolute atomic E-state index is 12.3. The largest absolute Gasteiger partial charge is 0.492 e. The molecule has 2 aromatic rings. The van der Waals surface area contributed by atoms with Gasteiger partial charge >= 0.3 is 6.18 Å². The number of halogens is 5. The smallest absolute Gasteiger partial charge is 0.422 e. The Hall–Kier alpha value is -2.19. The maximum Gasteiger partial charge on any atom is 0.422 e. The number of carbonyl (C=O) groups excluding carboxylic acids is 1. The van der Waals surface area contributed by atoms with Crippen molar-refractivity contribution in [2.45, 2.75) is 25.6 Å². The molecule has 5 nitrogen and oxygen atoms in total. The Morgan fingerprint density at radius 2 is 1.96 bits per heavy atom. The third kappa shape index (κ3) is 7.82. The molecule has 0 spiro atoms. The highest BCUT2D eigenvalue weighted by Gasteiger charge is 2.29. The van der Waals surface area contributed by atoms with Crippen LogP contribution in [0.3, 0.4) is 0 Å². The first-order valence-corrected chi connectivity index (χ1v) is 8.98. The van der Waals surface area contributed by atoms with E-state index >= 15 is 0 Å². The fourth-order valence-electron chi connectivity index (χ4n) is 2.13. The second-order valence-corrected chi connectivity index (χ2v) is 6.52. The minimum Gasteiger partial charge on any atom is -0.492 e. The Kier molecular flexibility index (Phi) is 8.19. The van der Waals surface area contributed by atoms with Crippen molar-refractivity contribution < 1.29 is 27.4 Å². The van der Waals surface area contributed by atoms with E-state index in [-0.39, 0.29) is 31.4 Å². The summed E-state index contributed by atoms with van der Waals surface area (Å²) >= 11 is 11.8. The molecule has 152 valence electrons. The third-order valence-corrected chi connectivity index (χ3v) is 3.93. The van der Waals surface area contributed by atoms with E-state index in [2.05, 4.69) is 15.0 Å². The van der Waals surface area contributed by atoms with Gasteiger partial charge in [-0.25, -0.2) is 4.98 Å². The monoisotopic (exact) mass is 436 g/mol. The summed E-state index contributed by atoms with van der Waals surface area (Å²) in [4.78, 5) is 15.7. The van der Waals surface area contributed by atoms with Crippen molar-refractivity contribution in [3.8, 4) is 11.6 Å². The Balaban J connectivity index is 1.74. The van der Waals surface area contributed by atoms with Gasteiger partial charge in [0, 0.05) is 29.7 Å². The molecular weight excluding hydrogens is 420 g/mol. The average Bonchev–Trinajstić information content (AvgIpc) is 2.63. The summed E-state index contributed by atoms with van der Waals surface area (Å²) in [7, 11) is 0. The van der Waals surface area contributed by atoms with E-state index in [1.807, 2.05) is 0 Å². The molecule has 2 rings (SSSR count). The van der Waals surface area contributed by atoms with Crippen LogP contribution in [0, 0.1) is 0 Å². The number of hydrogen-bond acceptors (Lipinski definition) is 4. The highest BCUT2D eigenvalue weighted by Crippen LogP contribution is 2.27. The Morgan fingerprint density at radius 1 is 1.18 bits per heavy atom. The van der Waals surface area contributed by atoms with Crippen LogP contribution >= 0.6 is 23.2 Å². The standard InChI is InChI=1S/C18H17Cl2F3N2O3/c19-13-5-6-15(14(20)9-13)27-8-2-4-16(26)25-10-12-3-1-7-24-17(12)28-11-18(21,22)23/h1,3,5-7,9H,2,4,8,10-11H2,(H,25,26). The van der Waals surface area contributed by atoms with Crippen molar-refractivity contribution in [2.24, 2.45) is 0 Å². The number of rotatable bonds is 9. The van der Waals surface area contributed by atoms with E-state index in [4.69, 9.17) is 27.9 Å². The number of pyridine rings is 1. The van der Waals surface area contributed by atoms with Gasteiger partial charge in [0.1, 0.15) is 5.75 Å². The average molecular weight is 437 g/mol. The molecule has 10 heteroatoms. The molecule has 1 N–H and O–H groups in total. The summed E-state index contributed by atoms with van der Waals surface area (Å²) in [6, 6.07) is 7.91. The van der Waals surface area contributed by atoms with Crippen molar-refractivity contribution in [2.75, 3.05) is 13.2 Å². The normalized spacial score (nSPS) is 11.2. The SMILES string of the molecule is O=C(CCCOc1ccc(Cl)cc1Cl)NCc1cccnc1OCC(F)(F)F. The number of aromatic nitrogens is 1. The fraction of sp³-hybridized carbons (Fsp3) is 0.333. The zero-order chi connectivity index (χ0) is 20.6. The summed E-state index contributed by atoms with van der Waals surface area (Å²) in [5.74, 6) is 0.0190. The van der Waals surface area contributed by atoms with Crippen LogP contribution in [0.5, 0.6) is 11.6 Å². The van der Waals surface area contributed by atoms with Crippen molar-refractivity contribution in [1.29, 1.82) is 0 Å². The number of carbonyl (C=O) groups is 1. The van der Waals surface area contributed by atoms with Gasteiger partial charge in [-0.15, -0.1) is 0 Å². The van der Waals surface area contributed by atoms with Gasteiger partial charge in [-0.3, -0.25) is 4.79 Å². The number of amides is 1. The number of nitrogens with one attached hydrogen (secondary N) is 1. The molecule has 0 atom stereocenters.